The van der Waals surface area contributed by atoms with Gasteiger partial charge in [-0.25, -0.2) is 5.01 Å². The van der Waals surface area contributed by atoms with Gasteiger partial charge >= 0.3 is 0 Å². The normalized spacial score (nSPS) is 20.8. The van der Waals surface area contributed by atoms with Gasteiger partial charge in [0.2, 0.25) is 11.6 Å². The SMILES string of the molecule is CCOc1ccc(C2=NN3[C@@H](C2)c2cccc(OC)c2OC32CCN(C(C)=O)CC2)cc1. The first-order valence-corrected chi connectivity index (χ1v) is 11.3. The van der Waals surface area contributed by atoms with Gasteiger partial charge in [0.05, 0.1) is 25.5 Å². The summed E-state index contributed by atoms with van der Waals surface area (Å²) in [6.07, 6.45) is 2.18. The van der Waals surface area contributed by atoms with Crippen molar-refractivity contribution in [1.82, 2.24) is 9.91 Å². The van der Waals surface area contributed by atoms with Crippen molar-refractivity contribution in [3.8, 4) is 17.2 Å². The Bertz CT molecular complexity index is 1040. The van der Waals surface area contributed by atoms with Crippen molar-refractivity contribution >= 4 is 11.6 Å². The number of hydrogen-bond donors (Lipinski definition) is 0. The number of piperidine rings is 1. The molecule has 0 aromatic heterocycles. The number of likely N-dealkylation sites (tertiary alicyclic amines) is 1. The van der Waals surface area contributed by atoms with Crippen molar-refractivity contribution in [3.63, 3.8) is 0 Å². The predicted octanol–water partition coefficient (Wildman–Crippen LogP) is 3.98. The van der Waals surface area contributed by atoms with Crippen molar-refractivity contribution in [3.05, 3.63) is 53.6 Å². The van der Waals surface area contributed by atoms with E-state index in [4.69, 9.17) is 19.3 Å². The Morgan fingerprint density at radius 1 is 1.19 bits per heavy atom. The number of para-hydroxylation sites is 1. The Morgan fingerprint density at radius 3 is 2.59 bits per heavy atom. The average molecular weight is 436 g/mol. The largest absolute Gasteiger partial charge is 0.494 e. The molecule has 0 radical (unpaired) electrons. The Hall–Kier alpha value is -3.22. The molecule has 2 aromatic rings. The van der Waals surface area contributed by atoms with E-state index in [0.29, 0.717) is 32.5 Å². The van der Waals surface area contributed by atoms with E-state index in [0.717, 1.165) is 40.5 Å². The van der Waals surface area contributed by atoms with E-state index in [2.05, 4.69) is 23.2 Å². The van der Waals surface area contributed by atoms with Crippen molar-refractivity contribution < 1.29 is 19.0 Å². The van der Waals surface area contributed by atoms with Gasteiger partial charge in [0.25, 0.3) is 0 Å². The zero-order valence-corrected chi connectivity index (χ0v) is 18.8. The molecular weight excluding hydrogens is 406 g/mol. The van der Waals surface area contributed by atoms with E-state index in [9.17, 15) is 4.79 Å². The number of methoxy groups -OCH3 is 1. The summed E-state index contributed by atoms with van der Waals surface area (Å²) in [6.45, 7) is 5.55. The van der Waals surface area contributed by atoms with E-state index in [1.54, 1.807) is 14.0 Å². The highest BCUT2D eigenvalue weighted by molar-refractivity contribution is 6.02. The van der Waals surface area contributed by atoms with Crippen molar-refractivity contribution in [1.29, 1.82) is 0 Å². The number of carbonyl (C=O) groups excluding carboxylic acids is 1. The van der Waals surface area contributed by atoms with Crippen LogP contribution in [0.25, 0.3) is 0 Å². The van der Waals surface area contributed by atoms with Crippen molar-refractivity contribution in [2.24, 2.45) is 5.10 Å². The van der Waals surface area contributed by atoms with Crippen LogP contribution < -0.4 is 14.2 Å². The Balaban J connectivity index is 1.52. The van der Waals surface area contributed by atoms with Crippen LogP contribution in [0.1, 0.15) is 50.3 Å². The number of hydrazone groups is 1. The molecule has 168 valence electrons. The van der Waals surface area contributed by atoms with E-state index >= 15 is 0 Å². The van der Waals surface area contributed by atoms with Gasteiger partial charge in [-0.2, -0.15) is 5.10 Å². The maximum atomic E-state index is 11.9. The van der Waals surface area contributed by atoms with Gasteiger partial charge in [0.1, 0.15) is 5.75 Å². The average Bonchev–Trinajstić information content (AvgIpc) is 3.27. The Labute approximate surface area is 188 Å². The summed E-state index contributed by atoms with van der Waals surface area (Å²) in [6, 6.07) is 14.2. The number of amides is 1. The monoisotopic (exact) mass is 435 g/mol. The van der Waals surface area contributed by atoms with Gasteiger partial charge in [-0.3, -0.25) is 4.79 Å². The molecule has 32 heavy (non-hydrogen) atoms. The molecule has 0 bridgehead atoms. The number of carbonyl (C=O) groups is 1. The zero-order chi connectivity index (χ0) is 22.3. The molecule has 7 heteroatoms. The molecule has 1 saturated heterocycles. The van der Waals surface area contributed by atoms with Crippen LogP contribution in [0.4, 0.5) is 0 Å². The minimum Gasteiger partial charge on any atom is -0.494 e. The Morgan fingerprint density at radius 2 is 1.94 bits per heavy atom. The first kappa shape index (κ1) is 20.7. The number of hydrogen-bond acceptors (Lipinski definition) is 6. The highest BCUT2D eigenvalue weighted by atomic mass is 16.5. The van der Waals surface area contributed by atoms with Gasteiger partial charge < -0.3 is 19.1 Å². The molecule has 2 aromatic carbocycles. The summed E-state index contributed by atoms with van der Waals surface area (Å²) in [5.41, 5.74) is 2.62. The fraction of sp³-hybridized carbons (Fsp3) is 0.440. The lowest BCUT2D eigenvalue weighted by Gasteiger charge is -2.51. The van der Waals surface area contributed by atoms with Crippen molar-refractivity contribution in [2.45, 2.75) is 44.9 Å². The summed E-state index contributed by atoms with van der Waals surface area (Å²) < 4.78 is 17.9. The third-order valence-electron chi connectivity index (χ3n) is 6.70. The van der Waals surface area contributed by atoms with Crippen LogP contribution in [-0.2, 0) is 4.79 Å². The highest BCUT2D eigenvalue weighted by Crippen LogP contribution is 2.52. The van der Waals surface area contributed by atoms with E-state index < -0.39 is 5.72 Å². The summed E-state index contributed by atoms with van der Waals surface area (Å²) in [4.78, 5) is 13.8. The topological polar surface area (TPSA) is 63.6 Å². The van der Waals surface area contributed by atoms with Crippen LogP contribution >= 0.6 is 0 Å². The molecule has 3 aliphatic rings. The molecule has 0 unspecified atom stereocenters. The molecule has 0 N–H and O–H groups in total. The van der Waals surface area contributed by atoms with E-state index in [1.165, 1.54) is 0 Å². The number of nitrogens with zero attached hydrogens (tertiary/aromatic N) is 3. The van der Waals surface area contributed by atoms with E-state index in [1.807, 2.05) is 36.1 Å². The lowest BCUT2D eigenvalue weighted by atomic mass is 9.90. The fourth-order valence-corrected chi connectivity index (χ4v) is 5.02. The zero-order valence-electron chi connectivity index (χ0n) is 18.8. The van der Waals surface area contributed by atoms with Crippen LogP contribution in [0.3, 0.4) is 0 Å². The van der Waals surface area contributed by atoms with Crippen LogP contribution in [0.15, 0.2) is 47.6 Å². The first-order valence-electron chi connectivity index (χ1n) is 11.3. The second-order valence-corrected chi connectivity index (χ2v) is 8.50. The van der Waals surface area contributed by atoms with E-state index in [-0.39, 0.29) is 11.9 Å². The van der Waals surface area contributed by atoms with Crippen molar-refractivity contribution in [2.75, 3.05) is 26.8 Å². The highest BCUT2D eigenvalue weighted by Gasteiger charge is 2.52. The van der Waals surface area contributed by atoms with Gasteiger partial charge in [-0.1, -0.05) is 12.1 Å². The summed E-state index contributed by atoms with van der Waals surface area (Å²) >= 11 is 0. The number of rotatable bonds is 4. The maximum absolute atomic E-state index is 11.9. The molecule has 1 amide bonds. The predicted molar refractivity (Wildman–Crippen MR) is 121 cm³/mol. The van der Waals surface area contributed by atoms with Gasteiger partial charge in [-0.15, -0.1) is 0 Å². The lowest BCUT2D eigenvalue weighted by molar-refractivity contribution is -0.159. The molecule has 1 spiro atoms. The summed E-state index contributed by atoms with van der Waals surface area (Å²) in [7, 11) is 1.67. The Kier molecular flexibility index (Phi) is 5.19. The van der Waals surface area contributed by atoms with Gasteiger partial charge in [-0.05, 0) is 42.8 Å². The second kappa shape index (κ2) is 8.04. The molecule has 7 nitrogen and oxygen atoms in total. The van der Waals surface area contributed by atoms with Crippen LogP contribution in [0.5, 0.6) is 17.2 Å². The lowest BCUT2D eigenvalue weighted by Crippen LogP contribution is -2.59. The number of fused-ring (bicyclic) bond motifs is 4. The minimum absolute atomic E-state index is 0.0688. The molecule has 0 saturated carbocycles. The maximum Gasteiger partial charge on any atom is 0.219 e. The quantitative estimate of drug-likeness (QED) is 0.727. The molecule has 1 fully saturated rings. The molecule has 1 atom stereocenters. The standard InChI is InChI=1S/C25H29N3O4/c1-4-31-19-10-8-18(9-11-19)21-16-22-20-6-5-7-23(30-3)24(20)32-25(28(22)26-21)12-14-27(15-13-25)17(2)29/h5-11,22H,4,12-16H2,1-3H3/t22-/m0/s1. The fourth-order valence-electron chi connectivity index (χ4n) is 5.02. The molecular formula is C25H29N3O4. The van der Waals surface area contributed by atoms with Crippen LogP contribution in [0.2, 0.25) is 0 Å². The van der Waals surface area contributed by atoms with Crippen LogP contribution in [0, 0.1) is 0 Å². The van der Waals surface area contributed by atoms with Gasteiger partial charge in [0, 0.05) is 44.8 Å². The van der Waals surface area contributed by atoms with Gasteiger partial charge in [0.15, 0.2) is 11.5 Å². The minimum atomic E-state index is -0.592. The number of ether oxygens (including phenoxy) is 3. The van der Waals surface area contributed by atoms with Crippen LogP contribution in [-0.4, -0.2) is 54.1 Å². The molecule has 3 aliphatic heterocycles. The summed E-state index contributed by atoms with van der Waals surface area (Å²) in [5.74, 6) is 2.50. The molecule has 0 aliphatic carbocycles. The summed E-state index contributed by atoms with van der Waals surface area (Å²) in [5, 5.41) is 7.25. The third kappa shape index (κ3) is 3.36. The molecule has 3 heterocycles. The third-order valence-corrected chi connectivity index (χ3v) is 6.70. The second-order valence-electron chi connectivity index (χ2n) is 8.50. The molecule has 5 rings (SSSR count). The number of benzene rings is 2. The first-order chi connectivity index (χ1) is 15.5. The smallest absolute Gasteiger partial charge is 0.219 e.